The Balaban J connectivity index is 1.89. The Morgan fingerprint density at radius 2 is 2.04 bits per heavy atom. The molecule has 23 heavy (non-hydrogen) atoms. The molecule has 2 aromatic heterocycles. The van der Waals surface area contributed by atoms with Gasteiger partial charge in [-0.2, -0.15) is 0 Å². The van der Waals surface area contributed by atoms with Crippen LogP contribution >= 0.6 is 42.1 Å². The van der Waals surface area contributed by atoms with Crippen molar-refractivity contribution in [3.05, 3.63) is 48.0 Å². The molecule has 1 aliphatic rings. The van der Waals surface area contributed by atoms with Gasteiger partial charge in [-0.3, -0.25) is 3.97 Å². The molecule has 1 saturated carbocycles. The van der Waals surface area contributed by atoms with Crippen LogP contribution in [0.5, 0.6) is 0 Å². The van der Waals surface area contributed by atoms with Gasteiger partial charge in [0, 0.05) is 63.3 Å². The third-order valence-corrected chi connectivity index (χ3v) is 6.93. The van der Waals surface area contributed by atoms with Gasteiger partial charge in [0.1, 0.15) is 5.82 Å². The number of aromatic nitrogens is 2. The van der Waals surface area contributed by atoms with E-state index in [2.05, 4.69) is 26.2 Å². The van der Waals surface area contributed by atoms with E-state index >= 15 is 0 Å². The van der Waals surface area contributed by atoms with Gasteiger partial charge in [-0.15, -0.1) is 11.8 Å². The first-order valence-corrected chi connectivity index (χ1v) is 11.6. The number of halogens is 2. The molecule has 0 N–H and O–H groups in total. The van der Waals surface area contributed by atoms with E-state index in [1.165, 1.54) is 12.8 Å². The van der Waals surface area contributed by atoms with Gasteiger partial charge in [0.15, 0.2) is 5.65 Å². The van der Waals surface area contributed by atoms with Crippen molar-refractivity contribution in [2.75, 3.05) is 0 Å². The number of fused-ring (bicyclic) bond motifs is 1. The quantitative estimate of drug-likeness (QED) is 0.432. The van der Waals surface area contributed by atoms with E-state index in [0.717, 1.165) is 27.2 Å². The van der Waals surface area contributed by atoms with Crippen molar-refractivity contribution < 1.29 is 4.39 Å². The van der Waals surface area contributed by atoms with Crippen molar-refractivity contribution in [3.8, 4) is 11.1 Å². The number of nitrogens with zero attached hydrogens (tertiary/aromatic N) is 2. The summed E-state index contributed by atoms with van der Waals surface area (Å²) in [6, 6.07) is 9.46. The van der Waals surface area contributed by atoms with Gasteiger partial charge in [-0.25, -0.2) is 9.37 Å². The van der Waals surface area contributed by atoms with Crippen LogP contribution in [0.25, 0.3) is 22.2 Å². The van der Waals surface area contributed by atoms with Crippen LogP contribution in [0.15, 0.2) is 41.4 Å². The zero-order valence-corrected chi connectivity index (χ0v) is 16.2. The minimum absolute atomic E-state index is 0.174. The fraction of sp³-hybridized carbons (Fsp3) is 0.235. The molecule has 1 aromatic carbocycles. The monoisotopic (exact) mass is 456 g/mol. The second-order valence-electron chi connectivity index (χ2n) is 5.72. The normalized spacial score (nSPS) is 14.6. The molecule has 0 unspecified atom stereocenters. The van der Waals surface area contributed by atoms with Crippen LogP contribution in [-0.4, -0.2) is 14.2 Å². The number of hydrogen-bond donors (Lipinski definition) is 0. The van der Waals surface area contributed by atoms with E-state index in [4.69, 9.17) is 0 Å². The van der Waals surface area contributed by atoms with Gasteiger partial charge in [-0.1, -0.05) is 0 Å². The number of hydrogen-bond acceptors (Lipinski definition) is 3. The first kappa shape index (κ1) is 15.8. The molecule has 2 heterocycles. The van der Waals surface area contributed by atoms with Crippen LogP contribution in [0.2, 0.25) is 0 Å². The molecule has 0 atom stereocenters. The standard InChI is InChI=1S/C17H14FIN2S2/c1-10-8-14(13-6-7-21(23-19)17(13)20-10)15-9-12(4-5-16(15)18)22-11-2-3-11/h4-9,11H,2-3H2,1H3. The molecular formula is C17H14FIN2S2. The van der Waals surface area contributed by atoms with Crippen molar-refractivity contribution >= 4 is 53.1 Å². The highest BCUT2D eigenvalue weighted by molar-refractivity contribution is 14.2. The maximum atomic E-state index is 14.5. The van der Waals surface area contributed by atoms with Gasteiger partial charge >= 0.3 is 0 Å². The Hall–Kier alpha value is -0.730. The van der Waals surface area contributed by atoms with Crippen LogP contribution in [0.4, 0.5) is 4.39 Å². The Morgan fingerprint density at radius 1 is 1.22 bits per heavy atom. The fourth-order valence-electron chi connectivity index (χ4n) is 2.65. The summed E-state index contributed by atoms with van der Waals surface area (Å²) in [4.78, 5) is 5.76. The summed E-state index contributed by atoms with van der Waals surface area (Å²) < 4.78 is 16.5. The van der Waals surface area contributed by atoms with E-state index in [0.29, 0.717) is 10.8 Å². The fourth-order valence-corrected chi connectivity index (χ4v) is 5.01. The van der Waals surface area contributed by atoms with Gasteiger partial charge in [-0.05, 0) is 55.7 Å². The minimum Gasteiger partial charge on any atom is -0.266 e. The van der Waals surface area contributed by atoms with Crippen LogP contribution < -0.4 is 0 Å². The highest BCUT2D eigenvalue weighted by atomic mass is 127. The van der Waals surface area contributed by atoms with E-state index in [-0.39, 0.29) is 5.82 Å². The molecule has 0 spiro atoms. The molecule has 6 heteroatoms. The summed E-state index contributed by atoms with van der Waals surface area (Å²) in [5, 5.41) is 1.70. The van der Waals surface area contributed by atoms with E-state index in [1.807, 2.05) is 53.1 Å². The Morgan fingerprint density at radius 3 is 2.78 bits per heavy atom. The third kappa shape index (κ3) is 3.13. The van der Waals surface area contributed by atoms with Gasteiger partial charge in [0.25, 0.3) is 0 Å². The highest BCUT2D eigenvalue weighted by Crippen LogP contribution is 2.41. The van der Waals surface area contributed by atoms with Crippen molar-refractivity contribution in [3.63, 3.8) is 0 Å². The molecular weight excluding hydrogens is 442 g/mol. The number of pyridine rings is 1. The van der Waals surface area contributed by atoms with Crippen molar-refractivity contribution in [2.24, 2.45) is 0 Å². The Kier molecular flexibility index (Phi) is 4.32. The lowest BCUT2D eigenvalue weighted by Crippen LogP contribution is -1.92. The van der Waals surface area contributed by atoms with Gasteiger partial charge in [0.05, 0.1) is 0 Å². The average Bonchev–Trinajstić information content (AvgIpc) is 3.26. The lowest BCUT2D eigenvalue weighted by atomic mass is 10.0. The molecule has 0 saturated heterocycles. The summed E-state index contributed by atoms with van der Waals surface area (Å²) in [5.74, 6) is -0.174. The zero-order valence-electron chi connectivity index (χ0n) is 12.4. The van der Waals surface area contributed by atoms with Crippen LogP contribution in [0, 0.1) is 12.7 Å². The maximum Gasteiger partial charge on any atom is 0.151 e. The average molecular weight is 456 g/mol. The summed E-state index contributed by atoms with van der Waals surface area (Å²) in [6.45, 7) is 1.96. The summed E-state index contributed by atoms with van der Waals surface area (Å²) in [5.41, 5.74) is 3.38. The first-order chi connectivity index (χ1) is 11.2. The molecule has 0 bridgehead atoms. The van der Waals surface area contributed by atoms with Crippen LogP contribution in [-0.2, 0) is 0 Å². The molecule has 1 aliphatic carbocycles. The molecule has 0 amide bonds. The van der Waals surface area contributed by atoms with E-state index in [1.54, 1.807) is 15.2 Å². The molecule has 0 radical (unpaired) electrons. The first-order valence-electron chi connectivity index (χ1n) is 7.40. The molecule has 2 nitrogen and oxygen atoms in total. The molecule has 3 aromatic rings. The number of benzene rings is 1. The van der Waals surface area contributed by atoms with Crippen molar-refractivity contribution in [1.29, 1.82) is 0 Å². The van der Waals surface area contributed by atoms with Gasteiger partial charge < -0.3 is 0 Å². The number of rotatable bonds is 4. The Bertz CT molecular complexity index is 890. The van der Waals surface area contributed by atoms with E-state index < -0.39 is 0 Å². The second-order valence-corrected chi connectivity index (χ2v) is 8.80. The molecule has 1 fully saturated rings. The number of thioether (sulfide) groups is 1. The predicted octanol–water partition coefficient (Wildman–Crippen LogP) is 6.25. The Labute approximate surface area is 155 Å². The summed E-state index contributed by atoms with van der Waals surface area (Å²) in [7, 11) is 1.57. The smallest absolute Gasteiger partial charge is 0.151 e. The highest BCUT2D eigenvalue weighted by Gasteiger charge is 2.23. The van der Waals surface area contributed by atoms with Crippen LogP contribution in [0.3, 0.4) is 0 Å². The maximum absolute atomic E-state index is 14.5. The molecule has 0 aliphatic heterocycles. The molecule has 4 rings (SSSR count). The lowest BCUT2D eigenvalue weighted by molar-refractivity contribution is 0.630. The lowest BCUT2D eigenvalue weighted by Gasteiger charge is -2.10. The van der Waals surface area contributed by atoms with Crippen molar-refractivity contribution in [1.82, 2.24) is 8.96 Å². The predicted molar refractivity (Wildman–Crippen MR) is 106 cm³/mol. The molecule has 118 valence electrons. The van der Waals surface area contributed by atoms with Gasteiger partial charge in [0.2, 0.25) is 0 Å². The summed E-state index contributed by atoms with van der Waals surface area (Å²) >= 11 is 4.08. The van der Waals surface area contributed by atoms with Crippen LogP contribution in [0.1, 0.15) is 18.5 Å². The minimum atomic E-state index is -0.174. The second kappa shape index (κ2) is 6.29. The van der Waals surface area contributed by atoms with E-state index in [9.17, 15) is 4.39 Å². The van der Waals surface area contributed by atoms with Crippen molar-refractivity contribution in [2.45, 2.75) is 29.9 Å². The number of aryl methyl sites for hydroxylation is 1. The zero-order chi connectivity index (χ0) is 16.0. The third-order valence-electron chi connectivity index (χ3n) is 3.88. The topological polar surface area (TPSA) is 17.8 Å². The largest absolute Gasteiger partial charge is 0.266 e. The summed E-state index contributed by atoms with van der Waals surface area (Å²) in [6.07, 6.45) is 4.52. The SMILES string of the molecule is Cc1cc(-c2cc(SC3CC3)ccc2F)c2ccn(SI)c2n1.